The van der Waals surface area contributed by atoms with E-state index in [0.29, 0.717) is 44.2 Å². The minimum absolute atomic E-state index is 0.0829. The van der Waals surface area contributed by atoms with E-state index >= 15 is 0 Å². The van der Waals surface area contributed by atoms with Crippen molar-refractivity contribution >= 4 is 18.2 Å². The number of hydrogen-bond acceptors (Lipinski definition) is 3. The molecule has 0 saturated heterocycles. The molecule has 27 heavy (non-hydrogen) atoms. The van der Waals surface area contributed by atoms with Gasteiger partial charge in [0.15, 0.2) is 0 Å². The Morgan fingerprint density at radius 2 is 1.63 bits per heavy atom. The van der Waals surface area contributed by atoms with E-state index in [1.807, 2.05) is 0 Å². The molecule has 0 aliphatic heterocycles. The van der Waals surface area contributed by atoms with Gasteiger partial charge >= 0.3 is 0 Å². The molecule has 3 unspecified atom stereocenters. The number of rotatable bonds is 17. The van der Waals surface area contributed by atoms with Crippen LogP contribution in [0.2, 0.25) is 0 Å². The Balaban J connectivity index is 3.72. The average Bonchev–Trinajstić information content (AvgIpc) is 2.63. The van der Waals surface area contributed by atoms with Gasteiger partial charge in [-0.25, -0.2) is 0 Å². The number of carbonyl (C=O) groups is 3. The van der Waals surface area contributed by atoms with Crippen molar-refractivity contribution in [2.75, 3.05) is 13.1 Å². The predicted molar refractivity (Wildman–Crippen MR) is 110 cm³/mol. The van der Waals surface area contributed by atoms with Crippen molar-refractivity contribution in [3.63, 3.8) is 0 Å². The summed E-state index contributed by atoms with van der Waals surface area (Å²) in [4.78, 5) is 34.0. The zero-order chi connectivity index (χ0) is 20.5. The monoisotopic (exact) mass is 383 g/mol. The Morgan fingerprint density at radius 3 is 2.30 bits per heavy atom. The van der Waals surface area contributed by atoms with Crippen molar-refractivity contribution in [3.05, 3.63) is 0 Å². The van der Waals surface area contributed by atoms with Gasteiger partial charge in [-0.3, -0.25) is 14.4 Å². The average molecular weight is 384 g/mol. The molecule has 0 aromatic heterocycles. The van der Waals surface area contributed by atoms with Crippen LogP contribution in [0.3, 0.4) is 0 Å². The highest BCUT2D eigenvalue weighted by Gasteiger charge is 2.10. The van der Waals surface area contributed by atoms with Crippen molar-refractivity contribution in [1.29, 1.82) is 0 Å². The van der Waals surface area contributed by atoms with Crippen LogP contribution in [0.15, 0.2) is 0 Å². The highest BCUT2D eigenvalue weighted by Crippen LogP contribution is 2.10. The highest BCUT2D eigenvalue weighted by atomic mass is 16.2. The standard InChI is InChI=1S/C21H41N3O3/c1-5-6-9-19(4)24-21(27)10-7-8-18(3)15-23-20(26)12-11-17(2)13-14-22-16-25/h16-19H,5-15H2,1-4H3,(H,22,25)(H,23,26)(H,24,27). The maximum Gasteiger partial charge on any atom is 0.220 e. The molecule has 0 radical (unpaired) electrons. The molecule has 0 rings (SSSR count). The second-order valence-electron chi connectivity index (χ2n) is 7.92. The summed E-state index contributed by atoms with van der Waals surface area (Å²) < 4.78 is 0. The van der Waals surface area contributed by atoms with Crippen LogP contribution in [-0.4, -0.2) is 37.4 Å². The Kier molecular flexibility index (Phi) is 15.6. The molecular weight excluding hydrogens is 342 g/mol. The van der Waals surface area contributed by atoms with Gasteiger partial charge in [-0.1, -0.05) is 33.6 Å². The Labute approximate surface area is 165 Å². The Morgan fingerprint density at radius 1 is 0.889 bits per heavy atom. The van der Waals surface area contributed by atoms with Crippen LogP contribution in [0.25, 0.3) is 0 Å². The molecular formula is C21H41N3O3. The molecule has 158 valence electrons. The lowest BCUT2D eigenvalue weighted by molar-refractivity contribution is -0.122. The number of nitrogens with one attached hydrogen (secondary N) is 3. The summed E-state index contributed by atoms with van der Waals surface area (Å²) in [6.07, 6.45) is 8.63. The van der Waals surface area contributed by atoms with E-state index < -0.39 is 0 Å². The molecule has 0 aliphatic carbocycles. The third-order valence-electron chi connectivity index (χ3n) is 4.88. The van der Waals surface area contributed by atoms with Gasteiger partial charge in [-0.2, -0.15) is 0 Å². The maximum absolute atomic E-state index is 11.9. The van der Waals surface area contributed by atoms with Gasteiger partial charge < -0.3 is 16.0 Å². The zero-order valence-corrected chi connectivity index (χ0v) is 17.8. The fourth-order valence-electron chi connectivity index (χ4n) is 2.93. The molecule has 0 bridgehead atoms. The topological polar surface area (TPSA) is 87.3 Å². The summed E-state index contributed by atoms with van der Waals surface area (Å²) in [6, 6.07) is 0.255. The van der Waals surface area contributed by atoms with Crippen LogP contribution in [0, 0.1) is 11.8 Å². The third kappa shape index (κ3) is 16.3. The first kappa shape index (κ1) is 25.4. The van der Waals surface area contributed by atoms with Crippen molar-refractivity contribution in [2.45, 2.75) is 91.5 Å². The fourth-order valence-corrected chi connectivity index (χ4v) is 2.93. The molecule has 6 nitrogen and oxygen atoms in total. The molecule has 3 atom stereocenters. The molecule has 0 fully saturated rings. The fraction of sp³-hybridized carbons (Fsp3) is 0.857. The number of amides is 3. The van der Waals surface area contributed by atoms with E-state index in [1.54, 1.807) is 0 Å². The van der Waals surface area contributed by atoms with E-state index in [2.05, 4.69) is 43.6 Å². The summed E-state index contributed by atoms with van der Waals surface area (Å²) in [5, 5.41) is 8.68. The zero-order valence-electron chi connectivity index (χ0n) is 17.8. The molecule has 0 aromatic rings. The van der Waals surface area contributed by atoms with E-state index in [9.17, 15) is 14.4 Å². The quantitative estimate of drug-likeness (QED) is 0.266. The van der Waals surface area contributed by atoms with E-state index in [-0.39, 0.29) is 17.9 Å². The van der Waals surface area contributed by atoms with Gasteiger partial charge in [-0.15, -0.1) is 0 Å². The molecule has 0 heterocycles. The summed E-state index contributed by atoms with van der Waals surface area (Å²) in [7, 11) is 0. The molecule has 0 spiro atoms. The maximum atomic E-state index is 11.9. The van der Waals surface area contributed by atoms with Crippen molar-refractivity contribution in [3.8, 4) is 0 Å². The summed E-state index contributed by atoms with van der Waals surface area (Å²) >= 11 is 0. The second kappa shape index (κ2) is 16.6. The van der Waals surface area contributed by atoms with Gasteiger partial charge in [0.05, 0.1) is 0 Å². The largest absolute Gasteiger partial charge is 0.359 e. The lowest BCUT2D eigenvalue weighted by Gasteiger charge is -2.15. The first-order valence-electron chi connectivity index (χ1n) is 10.6. The molecule has 3 amide bonds. The molecule has 0 aliphatic rings. The first-order valence-corrected chi connectivity index (χ1v) is 10.6. The lowest BCUT2D eigenvalue weighted by atomic mass is 10.0. The Bertz CT molecular complexity index is 415. The summed E-state index contributed by atoms with van der Waals surface area (Å²) in [5.41, 5.74) is 0. The third-order valence-corrected chi connectivity index (χ3v) is 4.88. The second-order valence-corrected chi connectivity index (χ2v) is 7.92. The van der Waals surface area contributed by atoms with Gasteiger partial charge in [0.1, 0.15) is 0 Å². The number of hydrogen-bond donors (Lipinski definition) is 3. The van der Waals surface area contributed by atoms with Crippen LogP contribution < -0.4 is 16.0 Å². The minimum Gasteiger partial charge on any atom is -0.359 e. The number of carbonyl (C=O) groups excluding carboxylic acids is 3. The Hall–Kier alpha value is -1.59. The van der Waals surface area contributed by atoms with E-state index in [0.717, 1.165) is 44.9 Å². The molecule has 6 heteroatoms. The number of unbranched alkanes of at least 4 members (excludes halogenated alkanes) is 1. The van der Waals surface area contributed by atoms with Gasteiger partial charge in [0.25, 0.3) is 0 Å². The van der Waals surface area contributed by atoms with Crippen LogP contribution in [0.4, 0.5) is 0 Å². The van der Waals surface area contributed by atoms with Crippen LogP contribution in [0.5, 0.6) is 0 Å². The van der Waals surface area contributed by atoms with Crippen LogP contribution >= 0.6 is 0 Å². The SMILES string of the molecule is CCCCC(C)NC(=O)CCCC(C)CNC(=O)CCC(C)CCNC=O. The van der Waals surface area contributed by atoms with Crippen molar-refractivity contribution < 1.29 is 14.4 Å². The summed E-state index contributed by atoms with van der Waals surface area (Å²) in [6.45, 7) is 9.74. The molecule has 0 aromatic carbocycles. The summed E-state index contributed by atoms with van der Waals surface area (Å²) in [5.74, 6) is 1.000. The molecule has 3 N–H and O–H groups in total. The smallest absolute Gasteiger partial charge is 0.220 e. The first-order chi connectivity index (χ1) is 12.9. The highest BCUT2D eigenvalue weighted by molar-refractivity contribution is 5.76. The van der Waals surface area contributed by atoms with E-state index in [4.69, 9.17) is 0 Å². The molecule has 0 saturated carbocycles. The predicted octanol–water partition coefficient (Wildman–Crippen LogP) is 3.16. The van der Waals surface area contributed by atoms with Crippen LogP contribution in [0.1, 0.15) is 85.5 Å². The van der Waals surface area contributed by atoms with Gasteiger partial charge in [0, 0.05) is 32.0 Å². The normalized spacial score (nSPS) is 14.1. The lowest BCUT2D eigenvalue weighted by Crippen LogP contribution is -2.32. The van der Waals surface area contributed by atoms with Crippen molar-refractivity contribution in [2.24, 2.45) is 11.8 Å². The van der Waals surface area contributed by atoms with Gasteiger partial charge in [-0.05, 0) is 50.9 Å². The minimum atomic E-state index is 0.0829. The van der Waals surface area contributed by atoms with Gasteiger partial charge in [0.2, 0.25) is 18.2 Å². The van der Waals surface area contributed by atoms with Crippen LogP contribution in [-0.2, 0) is 14.4 Å². The van der Waals surface area contributed by atoms with E-state index in [1.165, 1.54) is 0 Å². The van der Waals surface area contributed by atoms with Crippen molar-refractivity contribution in [1.82, 2.24) is 16.0 Å².